The number of hydrogen-bond acceptors (Lipinski definition) is 4. The smallest absolute Gasteiger partial charge is 0.280 e. The van der Waals surface area contributed by atoms with E-state index in [4.69, 9.17) is 0 Å². The maximum Gasteiger partial charge on any atom is 0.280 e. The summed E-state index contributed by atoms with van der Waals surface area (Å²) < 4.78 is 2.96. The minimum absolute atomic E-state index is 0.0116. The van der Waals surface area contributed by atoms with Gasteiger partial charge in [-0.1, -0.05) is 37.3 Å². The molecule has 1 aromatic carbocycles. The number of hydrogen-bond donors (Lipinski definition) is 1. The highest BCUT2D eigenvalue weighted by Crippen LogP contribution is 2.29. The van der Waals surface area contributed by atoms with Crippen molar-refractivity contribution in [2.24, 2.45) is 0 Å². The third-order valence-corrected chi connectivity index (χ3v) is 5.94. The normalized spacial score (nSPS) is 14.7. The molecule has 8 heteroatoms. The standard InChI is InChI=1S/C24H29N5O3/c1-6-15(2)25-19(30)14-27-20-12-18(16-10-8-7-9-11-16)26-29(20)22(31)17-13-28(24(3,4)5)23(32)21(17)27/h7-12,15H,6,13-14H2,1-5H3,(H,25,30). The fraction of sp³-hybridized carbons (Fsp3) is 0.417. The number of carbonyl (C=O) groups is 2. The predicted octanol–water partition coefficient (Wildman–Crippen LogP) is 2.83. The van der Waals surface area contributed by atoms with Crippen LogP contribution in [-0.4, -0.2) is 42.5 Å². The molecule has 3 heterocycles. The van der Waals surface area contributed by atoms with E-state index >= 15 is 0 Å². The Morgan fingerprint density at radius 2 is 1.88 bits per heavy atom. The fourth-order valence-electron chi connectivity index (χ4n) is 3.98. The summed E-state index contributed by atoms with van der Waals surface area (Å²) in [5.41, 5.74) is 1.76. The lowest BCUT2D eigenvalue weighted by molar-refractivity contribution is -0.122. The number of nitrogens with one attached hydrogen (secondary N) is 1. The van der Waals surface area contributed by atoms with E-state index in [-0.39, 0.29) is 42.2 Å². The first-order chi connectivity index (χ1) is 15.1. The molecule has 32 heavy (non-hydrogen) atoms. The molecule has 1 unspecified atom stereocenters. The Hall–Kier alpha value is -3.42. The highest BCUT2D eigenvalue weighted by Gasteiger charge is 2.40. The van der Waals surface area contributed by atoms with E-state index in [1.165, 1.54) is 4.52 Å². The monoisotopic (exact) mass is 435 g/mol. The zero-order valence-corrected chi connectivity index (χ0v) is 19.2. The third kappa shape index (κ3) is 3.70. The van der Waals surface area contributed by atoms with Crippen molar-refractivity contribution in [3.63, 3.8) is 0 Å². The van der Waals surface area contributed by atoms with Crippen molar-refractivity contribution in [3.8, 4) is 11.3 Å². The number of aromatic nitrogens is 3. The van der Waals surface area contributed by atoms with E-state index in [1.807, 2.05) is 65.0 Å². The topological polar surface area (TPSA) is 88.7 Å². The van der Waals surface area contributed by atoms with Gasteiger partial charge >= 0.3 is 0 Å². The van der Waals surface area contributed by atoms with E-state index < -0.39 is 5.54 Å². The molecule has 0 spiro atoms. The second-order valence-corrected chi connectivity index (χ2v) is 9.32. The van der Waals surface area contributed by atoms with Crippen LogP contribution in [0.1, 0.15) is 57.1 Å². The minimum atomic E-state index is -0.462. The van der Waals surface area contributed by atoms with Gasteiger partial charge in [0, 0.05) is 23.2 Å². The summed E-state index contributed by atoms with van der Waals surface area (Å²) in [6.07, 6.45) is 0.797. The lowest BCUT2D eigenvalue weighted by atomic mass is 10.1. The van der Waals surface area contributed by atoms with Crippen LogP contribution in [0.25, 0.3) is 16.9 Å². The predicted molar refractivity (Wildman–Crippen MR) is 122 cm³/mol. The number of carbonyl (C=O) groups excluding carboxylic acids is 2. The molecule has 3 aromatic rings. The van der Waals surface area contributed by atoms with E-state index in [1.54, 1.807) is 15.5 Å². The molecule has 0 saturated carbocycles. The van der Waals surface area contributed by atoms with Crippen LogP contribution in [0.5, 0.6) is 0 Å². The summed E-state index contributed by atoms with van der Waals surface area (Å²) in [6, 6.07) is 11.3. The first-order valence-corrected chi connectivity index (χ1v) is 10.9. The Bertz CT molecular complexity index is 1250. The highest BCUT2D eigenvalue weighted by molar-refractivity contribution is 5.98. The second kappa shape index (κ2) is 7.93. The van der Waals surface area contributed by atoms with Gasteiger partial charge in [0.2, 0.25) is 5.91 Å². The van der Waals surface area contributed by atoms with Gasteiger partial charge in [0.15, 0.2) is 0 Å². The quantitative estimate of drug-likeness (QED) is 0.667. The molecule has 1 atom stereocenters. The van der Waals surface area contributed by atoms with E-state index in [2.05, 4.69) is 10.4 Å². The van der Waals surface area contributed by atoms with Crippen molar-refractivity contribution in [2.45, 2.75) is 65.7 Å². The third-order valence-electron chi connectivity index (χ3n) is 5.94. The van der Waals surface area contributed by atoms with Crippen LogP contribution in [0.3, 0.4) is 0 Å². The molecule has 1 N–H and O–H groups in total. The lowest BCUT2D eigenvalue weighted by Gasteiger charge is -2.31. The molecule has 0 bridgehead atoms. The maximum absolute atomic E-state index is 13.4. The molecular weight excluding hydrogens is 406 g/mol. The summed E-state index contributed by atoms with van der Waals surface area (Å²) in [4.78, 5) is 41.2. The first kappa shape index (κ1) is 21.8. The second-order valence-electron chi connectivity index (χ2n) is 9.32. The van der Waals surface area contributed by atoms with Gasteiger partial charge in [0.25, 0.3) is 11.5 Å². The van der Waals surface area contributed by atoms with Crippen molar-refractivity contribution in [3.05, 3.63) is 58.0 Å². The molecule has 168 valence electrons. The Kier molecular flexibility index (Phi) is 5.40. The molecule has 2 aromatic heterocycles. The highest BCUT2D eigenvalue weighted by atomic mass is 16.2. The zero-order valence-electron chi connectivity index (χ0n) is 19.2. The molecular formula is C24H29N5O3. The van der Waals surface area contributed by atoms with Gasteiger partial charge in [0.05, 0.1) is 17.8 Å². The first-order valence-electron chi connectivity index (χ1n) is 10.9. The Balaban J connectivity index is 1.91. The lowest BCUT2D eigenvalue weighted by Crippen LogP contribution is -2.42. The van der Waals surface area contributed by atoms with Gasteiger partial charge in [-0.05, 0) is 34.1 Å². The summed E-state index contributed by atoms with van der Waals surface area (Å²) in [6.45, 7) is 9.84. The molecule has 0 radical (unpaired) electrons. The summed E-state index contributed by atoms with van der Waals surface area (Å²) >= 11 is 0. The number of nitrogens with zero attached hydrogens (tertiary/aromatic N) is 4. The molecule has 0 aliphatic carbocycles. The van der Waals surface area contributed by atoms with Gasteiger partial charge in [-0.3, -0.25) is 14.4 Å². The maximum atomic E-state index is 13.4. The van der Waals surface area contributed by atoms with Crippen molar-refractivity contribution in [1.82, 2.24) is 24.4 Å². The van der Waals surface area contributed by atoms with Gasteiger partial charge < -0.3 is 14.8 Å². The van der Waals surface area contributed by atoms with E-state index in [9.17, 15) is 14.4 Å². The van der Waals surface area contributed by atoms with E-state index in [0.29, 0.717) is 16.9 Å². The molecule has 0 saturated heterocycles. The van der Waals surface area contributed by atoms with Crippen LogP contribution in [0, 0.1) is 0 Å². The van der Waals surface area contributed by atoms with Gasteiger partial charge in [0.1, 0.15) is 17.9 Å². The van der Waals surface area contributed by atoms with Crippen molar-refractivity contribution in [2.75, 3.05) is 0 Å². The SMILES string of the molecule is CCC(C)NC(=O)Cn1c2c(c(=O)n3nc(-c4ccccc4)cc13)CN(C(C)(C)C)C2=O. The average molecular weight is 436 g/mol. The molecule has 2 amide bonds. The zero-order chi connectivity index (χ0) is 23.2. The number of benzene rings is 1. The molecule has 0 fully saturated rings. The van der Waals surface area contributed by atoms with Gasteiger partial charge in [-0.25, -0.2) is 0 Å². The van der Waals surface area contributed by atoms with Gasteiger partial charge in [-0.15, -0.1) is 0 Å². The van der Waals surface area contributed by atoms with Crippen LogP contribution >= 0.6 is 0 Å². The Labute approximate surface area is 186 Å². The largest absolute Gasteiger partial charge is 0.352 e. The van der Waals surface area contributed by atoms with Crippen LogP contribution in [-0.2, 0) is 17.9 Å². The molecule has 1 aliphatic heterocycles. The number of amides is 2. The minimum Gasteiger partial charge on any atom is -0.352 e. The van der Waals surface area contributed by atoms with Crippen molar-refractivity contribution < 1.29 is 9.59 Å². The number of rotatable bonds is 5. The van der Waals surface area contributed by atoms with Crippen LogP contribution in [0.15, 0.2) is 41.2 Å². The Morgan fingerprint density at radius 3 is 2.50 bits per heavy atom. The molecule has 8 nitrogen and oxygen atoms in total. The van der Waals surface area contributed by atoms with Gasteiger partial charge in [-0.2, -0.15) is 9.61 Å². The number of fused-ring (bicyclic) bond motifs is 2. The van der Waals surface area contributed by atoms with Crippen LogP contribution in [0.4, 0.5) is 0 Å². The summed E-state index contributed by atoms with van der Waals surface area (Å²) in [5, 5.41) is 7.49. The Morgan fingerprint density at radius 1 is 1.19 bits per heavy atom. The average Bonchev–Trinajstić information content (AvgIpc) is 3.34. The molecule has 4 rings (SSSR count). The van der Waals surface area contributed by atoms with Crippen molar-refractivity contribution >= 4 is 17.5 Å². The summed E-state index contributed by atoms with van der Waals surface area (Å²) in [7, 11) is 0. The van der Waals surface area contributed by atoms with E-state index in [0.717, 1.165) is 12.0 Å². The fourth-order valence-corrected chi connectivity index (χ4v) is 3.98. The molecule has 1 aliphatic rings. The van der Waals surface area contributed by atoms with Crippen LogP contribution < -0.4 is 10.9 Å². The van der Waals surface area contributed by atoms with Crippen molar-refractivity contribution in [1.29, 1.82) is 0 Å². The summed E-state index contributed by atoms with van der Waals surface area (Å²) in [5.74, 6) is -0.456. The van der Waals surface area contributed by atoms with Crippen LogP contribution in [0.2, 0.25) is 0 Å².